The summed E-state index contributed by atoms with van der Waals surface area (Å²) in [5, 5.41) is 0.891. The van der Waals surface area contributed by atoms with Gasteiger partial charge in [0.15, 0.2) is 12.1 Å². The number of rotatable bonds is 6. The van der Waals surface area contributed by atoms with Gasteiger partial charge in [0.25, 0.3) is 5.91 Å². The van der Waals surface area contributed by atoms with Crippen molar-refractivity contribution >= 4 is 28.7 Å². The van der Waals surface area contributed by atoms with Gasteiger partial charge in [0.2, 0.25) is 5.78 Å². The number of hydrogen-bond acceptors (Lipinski definition) is 5. The Morgan fingerprint density at radius 2 is 1.90 bits per heavy atom. The number of nitrogens with one attached hydrogen (secondary N) is 1. The molecule has 2 aromatic carbocycles. The third-order valence-electron chi connectivity index (χ3n) is 4.68. The quantitative estimate of drug-likeness (QED) is 0.386. The number of furan rings is 1. The van der Waals surface area contributed by atoms with Crippen LogP contribution in [0.1, 0.15) is 40.9 Å². The van der Waals surface area contributed by atoms with Crippen LogP contribution in [-0.4, -0.2) is 24.6 Å². The highest BCUT2D eigenvalue weighted by Crippen LogP contribution is 2.21. The van der Waals surface area contributed by atoms with E-state index in [2.05, 4.69) is 5.48 Å². The summed E-state index contributed by atoms with van der Waals surface area (Å²) in [5.41, 5.74) is 4.36. The molecular weight excluding hydrogens is 370 g/mol. The smallest absolute Gasteiger partial charge is 0.267 e. The van der Waals surface area contributed by atoms with Gasteiger partial charge in [-0.05, 0) is 36.6 Å². The Morgan fingerprint density at radius 3 is 2.66 bits per heavy atom. The molecule has 1 aromatic heterocycles. The van der Waals surface area contributed by atoms with E-state index in [1.165, 1.54) is 6.08 Å². The predicted octanol–water partition coefficient (Wildman–Crippen LogP) is 4.25. The average molecular weight is 391 g/mol. The largest absolute Gasteiger partial charge is 0.453 e. The Kier molecular flexibility index (Phi) is 5.84. The minimum absolute atomic E-state index is 0.185. The van der Waals surface area contributed by atoms with Crippen molar-refractivity contribution in [3.63, 3.8) is 0 Å². The predicted molar refractivity (Wildman–Crippen MR) is 108 cm³/mol. The van der Waals surface area contributed by atoms with Crippen molar-refractivity contribution < 1.29 is 23.6 Å². The summed E-state index contributed by atoms with van der Waals surface area (Å²) in [6, 6.07) is 16.2. The van der Waals surface area contributed by atoms with Crippen LogP contribution in [0.15, 0.2) is 65.1 Å². The molecule has 1 amide bonds. The maximum atomic E-state index is 12.6. The van der Waals surface area contributed by atoms with Gasteiger partial charge < -0.3 is 9.15 Å². The normalized spacial score (nSPS) is 16.9. The number of para-hydroxylation sites is 1. The fraction of sp³-hybridized carbons (Fsp3) is 0.217. The van der Waals surface area contributed by atoms with E-state index in [0.29, 0.717) is 23.5 Å². The average Bonchev–Trinajstić information content (AvgIpc) is 3.21. The lowest BCUT2D eigenvalue weighted by Crippen LogP contribution is -2.32. The van der Waals surface area contributed by atoms with E-state index in [0.717, 1.165) is 30.2 Å². The van der Waals surface area contributed by atoms with Gasteiger partial charge in [-0.25, -0.2) is 10.3 Å². The van der Waals surface area contributed by atoms with E-state index < -0.39 is 0 Å². The van der Waals surface area contributed by atoms with E-state index in [1.807, 2.05) is 24.3 Å². The van der Waals surface area contributed by atoms with E-state index >= 15 is 0 Å². The third kappa shape index (κ3) is 4.80. The van der Waals surface area contributed by atoms with Crippen molar-refractivity contribution in [1.82, 2.24) is 5.48 Å². The highest BCUT2D eigenvalue weighted by molar-refractivity contribution is 6.09. The molecule has 1 unspecified atom stereocenters. The van der Waals surface area contributed by atoms with Gasteiger partial charge in [-0.1, -0.05) is 42.5 Å². The summed E-state index contributed by atoms with van der Waals surface area (Å²) < 4.78 is 11.0. The van der Waals surface area contributed by atoms with Crippen molar-refractivity contribution in [2.75, 3.05) is 6.61 Å². The molecule has 6 nitrogen and oxygen atoms in total. The fourth-order valence-corrected chi connectivity index (χ4v) is 3.12. The molecule has 4 rings (SSSR count). The lowest BCUT2D eigenvalue weighted by molar-refractivity contribution is -0.198. The van der Waals surface area contributed by atoms with Crippen LogP contribution in [0, 0.1) is 0 Å². The van der Waals surface area contributed by atoms with Crippen molar-refractivity contribution in [3.8, 4) is 0 Å². The van der Waals surface area contributed by atoms with E-state index in [9.17, 15) is 9.59 Å². The number of hydroxylamine groups is 1. The molecule has 0 saturated carbocycles. The van der Waals surface area contributed by atoms with E-state index in [1.54, 1.807) is 36.4 Å². The summed E-state index contributed by atoms with van der Waals surface area (Å²) in [4.78, 5) is 29.7. The molecule has 148 valence electrons. The Hall–Kier alpha value is -3.22. The minimum Gasteiger partial charge on any atom is -0.453 e. The molecule has 3 aromatic rings. The topological polar surface area (TPSA) is 77.8 Å². The zero-order chi connectivity index (χ0) is 20.1. The summed E-state index contributed by atoms with van der Waals surface area (Å²) in [7, 11) is 0. The summed E-state index contributed by atoms with van der Waals surface area (Å²) in [5.74, 6) is -0.257. The van der Waals surface area contributed by atoms with Crippen LogP contribution in [0.3, 0.4) is 0 Å². The molecule has 1 saturated heterocycles. The fourth-order valence-electron chi connectivity index (χ4n) is 3.12. The molecule has 1 fully saturated rings. The Bertz CT molecular complexity index is 996. The van der Waals surface area contributed by atoms with Crippen LogP contribution < -0.4 is 5.48 Å². The highest BCUT2D eigenvalue weighted by atomic mass is 16.8. The molecule has 29 heavy (non-hydrogen) atoms. The van der Waals surface area contributed by atoms with Crippen LogP contribution >= 0.6 is 0 Å². The first-order valence-electron chi connectivity index (χ1n) is 9.58. The van der Waals surface area contributed by atoms with Crippen LogP contribution in [0.5, 0.6) is 0 Å². The highest BCUT2D eigenvalue weighted by Gasteiger charge is 2.15. The zero-order valence-electron chi connectivity index (χ0n) is 15.8. The lowest BCUT2D eigenvalue weighted by atomic mass is 10.1. The molecular formula is C23H21NO5. The Labute approximate surface area is 168 Å². The van der Waals surface area contributed by atoms with Gasteiger partial charge in [0.05, 0.1) is 0 Å². The van der Waals surface area contributed by atoms with Crippen LogP contribution in [0.25, 0.3) is 17.0 Å². The Balaban J connectivity index is 1.35. The SMILES string of the molecule is O=C(/C=C/c1ccc(C(=O)c2cc3ccccc3o2)cc1)NOC1CCCCO1. The van der Waals surface area contributed by atoms with Crippen molar-refractivity contribution in [2.24, 2.45) is 0 Å². The molecule has 0 spiro atoms. The second-order valence-electron chi connectivity index (χ2n) is 6.81. The molecule has 2 heterocycles. The molecule has 1 aliphatic rings. The minimum atomic E-state index is -0.385. The van der Waals surface area contributed by atoms with E-state index in [4.69, 9.17) is 14.0 Å². The molecule has 1 N–H and O–H groups in total. The lowest BCUT2D eigenvalue weighted by Gasteiger charge is -2.21. The van der Waals surface area contributed by atoms with E-state index in [-0.39, 0.29) is 18.0 Å². The molecule has 1 aliphatic heterocycles. The maximum absolute atomic E-state index is 12.6. The monoisotopic (exact) mass is 391 g/mol. The summed E-state index contributed by atoms with van der Waals surface area (Å²) in [6.45, 7) is 0.648. The molecule has 0 radical (unpaired) electrons. The van der Waals surface area contributed by atoms with Gasteiger partial charge in [0.1, 0.15) is 5.58 Å². The van der Waals surface area contributed by atoms with Gasteiger partial charge in [-0.3, -0.25) is 9.59 Å². The number of benzene rings is 2. The van der Waals surface area contributed by atoms with Crippen molar-refractivity contribution in [3.05, 3.63) is 77.6 Å². The zero-order valence-corrected chi connectivity index (χ0v) is 15.8. The number of carbonyl (C=O) groups excluding carboxylic acids is 2. The van der Waals surface area contributed by atoms with Crippen molar-refractivity contribution in [2.45, 2.75) is 25.6 Å². The second-order valence-corrected chi connectivity index (χ2v) is 6.81. The first-order valence-corrected chi connectivity index (χ1v) is 9.58. The maximum Gasteiger partial charge on any atom is 0.267 e. The van der Waals surface area contributed by atoms with Crippen LogP contribution in [-0.2, 0) is 14.4 Å². The number of ketones is 1. The van der Waals surface area contributed by atoms with Gasteiger partial charge in [0, 0.05) is 30.1 Å². The Morgan fingerprint density at radius 1 is 1.07 bits per heavy atom. The second kappa shape index (κ2) is 8.86. The third-order valence-corrected chi connectivity index (χ3v) is 4.68. The molecule has 0 bridgehead atoms. The standard InChI is InChI=1S/C23H21NO5/c25-21(24-29-22-7-3-4-14-27-22)13-10-16-8-11-17(12-9-16)23(26)20-15-18-5-1-2-6-19(18)28-20/h1-2,5-6,8-13,15,22H,3-4,7,14H2,(H,24,25)/b13-10+. The molecule has 6 heteroatoms. The number of fused-ring (bicyclic) bond motifs is 1. The van der Waals surface area contributed by atoms with Gasteiger partial charge in [-0.2, -0.15) is 0 Å². The first-order chi connectivity index (χ1) is 14.2. The number of hydrogen-bond donors (Lipinski definition) is 1. The molecule has 0 aliphatic carbocycles. The first kappa shape index (κ1) is 19.1. The summed E-state index contributed by atoms with van der Waals surface area (Å²) >= 11 is 0. The van der Waals surface area contributed by atoms with Crippen LogP contribution in [0.4, 0.5) is 0 Å². The van der Waals surface area contributed by atoms with Gasteiger partial charge in [-0.15, -0.1) is 0 Å². The van der Waals surface area contributed by atoms with Crippen LogP contribution in [0.2, 0.25) is 0 Å². The van der Waals surface area contributed by atoms with Gasteiger partial charge >= 0.3 is 0 Å². The number of ether oxygens (including phenoxy) is 1. The van der Waals surface area contributed by atoms with Crippen molar-refractivity contribution in [1.29, 1.82) is 0 Å². The molecule has 1 atom stereocenters. The summed E-state index contributed by atoms with van der Waals surface area (Å²) in [6.07, 6.45) is 5.45. The number of carbonyl (C=O) groups is 2. The number of amides is 1.